The minimum Gasteiger partial charge on any atom is -0.335 e. The Morgan fingerprint density at radius 1 is 1.07 bits per heavy atom. The van der Waals surface area contributed by atoms with E-state index in [-0.39, 0.29) is 6.03 Å². The number of amides is 2. The number of rotatable bonds is 4. The van der Waals surface area contributed by atoms with Gasteiger partial charge in [-0.05, 0) is 69.2 Å². The van der Waals surface area contributed by atoms with Crippen LogP contribution < -0.4 is 10.6 Å². The maximum Gasteiger partial charge on any atom is 0.315 e. The van der Waals surface area contributed by atoms with Crippen molar-refractivity contribution in [2.45, 2.75) is 64.1 Å². The summed E-state index contributed by atoms with van der Waals surface area (Å²) in [7, 11) is 0. The molecule has 2 fully saturated rings. The second kappa shape index (κ2) is 8.91. The van der Waals surface area contributed by atoms with Crippen molar-refractivity contribution in [3.05, 3.63) is 42.1 Å². The number of nitrogens with one attached hydrogen (secondary N) is 2. The van der Waals surface area contributed by atoms with E-state index in [1.807, 2.05) is 30.3 Å². The number of carbonyl (C=O) groups is 1. The van der Waals surface area contributed by atoms with E-state index in [4.69, 9.17) is 0 Å². The first-order valence-electron chi connectivity index (χ1n) is 10.8. The molecule has 2 amide bonds. The molecule has 150 valence electrons. The van der Waals surface area contributed by atoms with E-state index < -0.39 is 0 Å². The number of likely N-dealkylation sites (tertiary alicyclic amines) is 1. The molecule has 0 unspecified atom stereocenters. The smallest absolute Gasteiger partial charge is 0.315 e. The van der Waals surface area contributed by atoms with E-state index in [2.05, 4.69) is 27.4 Å². The summed E-state index contributed by atoms with van der Waals surface area (Å²) in [4.78, 5) is 19.5. The Bertz CT molecular complexity index is 787. The molecular weight excluding hydrogens is 348 g/mol. The summed E-state index contributed by atoms with van der Waals surface area (Å²) >= 11 is 0. The number of piperidine rings is 1. The minimum atomic E-state index is -0.0665. The lowest BCUT2D eigenvalue weighted by molar-refractivity contribution is 0.104. The zero-order valence-corrected chi connectivity index (χ0v) is 16.9. The molecule has 2 aromatic rings. The number of fused-ring (bicyclic) bond motifs is 1. The first-order valence-corrected chi connectivity index (χ1v) is 10.8. The number of carbonyl (C=O) groups excluding carboxylic acids is 1. The highest BCUT2D eigenvalue weighted by Crippen LogP contribution is 2.27. The van der Waals surface area contributed by atoms with E-state index in [0.717, 1.165) is 41.3 Å². The summed E-state index contributed by atoms with van der Waals surface area (Å²) in [6, 6.07) is 11.0. The van der Waals surface area contributed by atoms with Crippen LogP contribution in [0.25, 0.3) is 10.9 Å². The molecule has 28 heavy (non-hydrogen) atoms. The second-order valence-corrected chi connectivity index (χ2v) is 8.54. The molecule has 1 saturated heterocycles. The molecule has 2 aliphatic rings. The molecule has 1 saturated carbocycles. The Morgan fingerprint density at radius 3 is 2.61 bits per heavy atom. The van der Waals surface area contributed by atoms with Crippen molar-refractivity contribution >= 4 is 16.9 Å². The van der Waals surface area contributed by atoms with Gasteiger partial charge in [0.15, 0.2) is 0 Å². The SMILES string of the molecule is CC1CCN(C2CCC(NC(=O)NCc3cccc4cccnc34)CC2)CC1. The van der Waals surface area contributed by atoms with Crippen molar-refractivity contribution in [3.63, 3.8) is 0 Å². The molecule has 1 aliphatic carbocycles. The highest BCUT2D eigenvalue weighted by Gasteiger charge is 2.28. The van der Waals surface area contributed by atoms with Crippen LogP contribution in [0.1, 0.15) is 51.0 Å². The molecule has 5 heteroatoms. The summed E-state index contributed by atoms with van der Waals surface area (Å²) in [5, 5.41) is 7.30. The van der Waals surface area contributed by atoms with Crippen LogP contribution in [0.4, 0.5) is 4.79 Å². The van der Waals surface area contributed by atoms with Crippen molar-refractivity contribution in [1.82, 2.24) is 20.5 Å². The topological polar surface area (TPSA) is 57.3 Å². The molecule has 0 radical (unpaired) electrons. The lowest BCUT2D eigenvalue weighted by Crippen LogP contribution is -2.48. The van der Waals surface area contributed by atoms with Crippen molar-refractivity contribution in [2.24, 2.45) is 5.92 Å². The first kappa shape index (κ1) is 19.2. The summed E-state index contributed by atoms with van der Waals surface area (Å²) < 4.78 is 0. The predicted octanol–water partition coefficient (Wildman–Crippen LogP) is 4.08. The Labute approximate surface area is 167 Å². The number of para-hydroxylation sites is 1. The number of pyridine rings is 1. The van der Waals surface area contributed by atoms with Gasteiger partial charge >= 0.3 is 6.03 Å². The summed E-state index contributed by atoms with van der Waals surface area (Å²) in [5.41, 5.74) is 2.01. The monoisotopic (exact) mass is 380 g/mol. The summed E-state index contributed by atoms with van der Waals surface area (Å²) in [6.45, 7) is 5.37. The number of nitrogens with zero attached hydrogens (tertiary/aromatic N) is 2. The number of hydrogen-bond donors (Lipinski definition) is 2. The van der Waals surface area contributed by atoms with Crippen molar-refractivity contribution in [2.75, 3.05) is 13.1 Å². The van der Waals surface area contributed by atoms with E-state index in [0.29, 0.717) is 12.6 Å². The number of hydrogen-bond acceptors (Lipinski definition) is 3. The van der Waals surface area contributed by atoms with Gasteiger partial charge in [0, 0.05) is 30.2 Å². The van der Waals surface area contributed by atoms with Gasteiger partial charge in [-0.2, -0.15) is 0 Å². The molecule has 5 nitrogen and oxygen atoms in total. The van der Waals surface area contributed by atoms with Crippen molar-refractivity contribution < 1.29 is 4.79 Å². The maximum atomic E-state index is 12.4. The van der Waals surface area contributed by atoms with Crippen LogP contribution in [0.5, 0.6) is 0 Å². The molecule has 1 aliphatic heterocycles. The summed E-state index contributed by atoms with van der Waals surface area (Å²) in [5.74, 6) is 0.884. The van der Waals surface area contributed by atoms with Gasteiger partial charge in [0.1, 0.15) is 0 Å². The Kier molecular flexibility index (Phi) is 6.10. The van der Waals surface area contributed by atoms with Crippen LogP contribution in [0, 0.1) is 5.92 Å². The van der Waals surface area contributed by atoms with E-state index in [1.54, 1.807) is 6.20 Å². The average Bonchev–Trinajstić information content (AvgIpc) is 2.73. The molecule has 0 bridgehead atoms. The lowest BCUT2D eigenvalue weighted by atomic mass is 9.88. The third kappa shape index (κ3) is 4.64. The molecule has 2 heterocycles. The number of benzene rings is 1. The molecule has 4 rings (SSSR count). The van der Waals surface area contributed by atoms with E-state index in [9.17, 15) is 4.79 Å². The zero-order chi connectivity index (χ0) is 19.3. The van der Waals surface area contributed by atoms with Gasteiger partial charge in [-0.1, -0.05) is 31.2 Å². The van der Waals surface area contributed by atoms with Crippen LogP contribution in [-0.2, 0) is 6.54 Å². The summed E-state index contributed by atoms with van der Waals surface area (Å²) in [6.07, 6.45) is 9.04. The predicted molar refractivity (Wildman–Crippen MR) is 113 cm³/mol. The highest BCUT2D eigenvalue weighted by atomic mass is 16.2. The van der Waals surface area contributed by atoms with Crippen LogP contribution in [0.3, 0.4) is 0 Å². The van der Waals surface area contributed by atoms with Crippen molar-refractivity contribution in [3.8, 4) is 0 Å². The molecule has 2 N–H and O–H groups in total. The molecule has 0 atom stereocenters. The fourth-order valence-electron chi connectivity index (χ4n) is 4.70. The maximum absolute atomic E-state index is 12.4. The van der Waals surface area contributed by atoms with Gasteiger partial charge in [-0.15, -0.1) is 0 Å². The zero-order valence-electron chi connectivity index (χ0n) is 16.9. The van der Waals surface area contributed by atoms with Gasteiger partial charge in [-0.25, -0.2) is 4.79 Å². The average molecular weight is 381 g/mol. The Hall–Kier alpha value is -2.14. The van der Waals surface area contributed by atoms with Gasteiger partial charge in [-0.3, -0.25) is 4.98 Å². The first-order chi connectivity index (χ1) is 13.7. The van der Waals surface area contributed by atoms with Crippen LogP contribution >= 0.6 is 0 Å². The van der Waals surface area contributed by atoms with Crippen LogP contribution in [0.15, 0.2) is 36.5 Å². The molecule has 0 spiro atoms. The van der Waals surface area contributed by atoms with Gasteiger partial charge < -0.3 is 15.5 Å². The van der Waals surface area contributed by atoms with Gasteiger partial charge in [0.2, 0.25) is 0 Å². The van der Waals surface area contributed by atoms with Crippen molar-refractivity contribution in [1.29, 1.82) is 0 Å². The second-order valence-electron chi connectivity index (χ2n) is 8.54. The standard InChI is InChI=1S/C23H32N4O/c1-17-11-14-27(15-12-17)21-9-7-20(8-10-21)26-23(28)25-16-19-5-2-4-18-6-3-13-24-22(18)19/h2-6,13,17,20-21H,7-12,14-16H2,1H3,(H2,25,26,28). The third-order valence-electron chi connectivity index (χ3n) is 6.52. The Morgan fingerprint density at radius 2 is 1.82 bits per heavy atom. The lowest BCUT2D eigenvalue weighted by Gasteiger charge is -2.40. The molecular formula is C23H32N4O. The minimum absolute atomic E-state index is 0.0665. The van der Waals surface area contributed by atoms with Gasteiger partial charge in [0.25, 0.3) is 0 Å². The molecule has 1 aromatic carbocycles. The Balaban J connectivity index is 1.23. The van der Waals surface area contributed by atoms with E-state index in [1.165, 1.54) is 38.8 Å². The van der Waals surface area contributed by atoms with E-state index >= 15 is 0 Å². The fourth-order valence-corrected chi connectivity index (χ4v) is 4.70. The number of urea groups is 1. The highest BCUT2D eigenvalue weighted by molar-refractivity contribution is 5.82. The van der Waals surface area contributed by atoms with Crippen LogP contribution in [-0.4, -0.2) is 41.1 Å². The fraction of sp³-hybridized carbons (Fsp3) is 0.565. The third-order valence-corrected chi connectivity index (χ3v) is 6.52. The number of aromatic nitrogens is 1. The largest absolute Gasteiger partial charge is 0.335 e. The van der Waals surface area contributed by atoms with Crippen LogP contribution in [0.2, 0.25) is 0 Å². The van der Waals surface area contributed by atoms with Gasteiger partial charge in [0.05, 0.1) is 5.52 Å². The normalized spacial score (nSPS) is 24.2. The quantitative estimate of drug-likeness (QED) is 0.840. The molecule has 1 aromatic heterocycles.